The maximum Gasteiger partial charge on any atom is 0.166 e. The van der Waals surface area contributed by atoms with E-state index in [1.165, 1.54) is 5.57 Å². The van der Waals surface area contributed by atoms with Crippen LogP contribution in [0.1, 0.15) is 60.6 Å². The molecule has 5 rings (SSSR count). The lowest BCUT2D eigenvalue weighted by Gasteiger charge is -2.28. The van der Waals surface area contributed by atoms with Crippen molar-refractivity contribution >= 4 is 34.9 Å². The number of Topliss-reactive ketones (excluding diaryl/α,β-unsaturated/α-hetero) is 1. The first-order valence-corrected chi connectivity index (χ1v) is 14.2. The number of aromatic nitrogens is 2. The molecule has 2 aromatic carbocycles. The van der Waals surface area contributed by atoms with Gasteiger partial charge in [0.2, 0.25) is 0 Å². The lowest BCUT2D eigenvalue weighted by molar-refractivity contribution is -0.118. The van der Waals surface area contributed by atoms with Crippen LogP contribution in [-0.4, -0.2) is 28.8 Å². The van der Waals surface area contributed by atoms with Gasteiger partial charge in [-0.25, -0.2) is 9.97 Å². The monoisotopic (exact) mass is 548 g/mol. The number of ketones is 1. The molecule has 3 aromatic rings. The van der Waals surface area contributed by atoms with Gasteiger partial charge in [0.05, 0.1) is 17.3 Å². The molecular weight excluding hydrogens is 516 g/mol. The number of aryl methyl sites for hydroxylation is 1. The number of hydrogen-bond acceptors (Lipinski definition) is 5. The van der Waals surface area contributed by atoms with Crippen molar-refractivity contribution in [3.8, 4) is 6.07 Å². The van der Waals surface area contributed by atoms with E-state index in [2.05, 4.69) is 48.5 Å². The SMILES string of the molecule is C=CC(C(=O)C1=C[C@H](C)CN(c2ncnc3c2C=C(c2ccc(C#N)cc2)CC3)CC1)[C@@H](C)c1cccc(Cl)c1. The molecule has 2 aliphatic rings. The van der Waals surface area contributed by atoms with Crippen molar-refractivity contribution in [2.75, 3.05) is 18.0 Å². The van der Waals surface area contributed by atoms with Crippen LogP contribution >= 0.6 is 11.6 Å². The first-order valence-electron chi connectivity index (χ1n) is 13.8. The minimum Gasteiger partial charge on any atom is -0.355 e. The lowest BCUT2D eigenvalue weighted by atomic mass is 9.81. The van der Waals surface area contributed by atoms with Crippen molar-refractivity contribution in [1.29, 1.82) is 5.26 Å². The Balaban J connectivity index is 1.38. The zero-order chi connectivity index (χ0) is 28.2. The van der Waals surface area contributed by atoms with Gasteiger partial charge in [-0.05, 0) is 83.7 Å². The summed E-state index contributed by atoms with van der Waals surface area (Å²) in [5.74, 6) is 0.859. The van der Waals surface area contributed by atoms with Gasteiger partial charge in [-0.3, -0.25) is 4.79 Å². The van der Waals surface area contributed by atoms with E-state index in [0.29, 0.717) is 23.6 Å². The van der Waals surface area contributed by atoms with Gasteiger partial charge in [-0.1, -0.05) is 61.9 Å². The number of nitriles is 1. The number of carbonyl (C=O) groups excluding carboxylic acids is 1. The van der Waals surface area contributed by atoms with Crippen molar-refractivity contribution < 1.29 is 4.79 Å². The van der Waals surface area contributed by atoms with Gasteiger partial charge in [0.25, 0.3) is 0 Å². The van der Waals surface area contributed by atoms with Gasteiger partial charge >= 0.3 is 0 Å². The molecule has 1 aromatic heterocycles. The molecule has 6 heteroatoms. The average Bonchev–Trinajstić information content (AvgIpc) is 3.18. The second kappa shape index (κ2) is 12.0. The van der Waals surface area contributed by atoms with Crippen molar-refractivity contribution in [2.45, 2.75) is 39.0 Å². The molecule has 0 spiro atoms. The zero-order valence-electron chi connectivity index (χ0n) is 23.0. The van der Waals surface area contributed by atoms with E-state index >= 15 is 0 Å². The number of benzene rings is 2. The van der Waals surface area contributed by atoms with E-state index in [0.717, 1.165) is 53.2 Å². The summed E-state index contributed by atoms with van der Waals surface area (Å²) < 4.78 is 0. The third-order valence-corrected chi connectivity index (χ3v) is 8.25. The molecule has 5 nitrogen and oxygen atoms in total. The number of nitrogens with zero attached hydrogens (tertiary/aromatic N) is 4. The Morgan fingerprint density at radius 2 is 1.98 bits per heavy atom. The molecule has 0 saturated heterocycles. The van der Waals surface area contributed by atoms with E-state index in [-0.39, 0.29) is 23.5 Å². The predicted molar refractivity (Wildman–Crippen MR) is 162 cm³/mol. The molecule has 0 radical (unpaired) electrons. The Labute approximate surface area is 241 Å². The summed E-state index contributed by atoms with van der Waals surface area (Å²) in [6.07, 6.45) is 10.1. The molecule has 0 N–H and O–H groups in total. The quantitative estimate of drug-likeness (QED) is 0.287. The van der Waals surface area contributed by atoms with Crippen molar-refractivity contribution in [1.82, 2.24) is 9.97 Å². The molecule has 1 aliphatic carbocycles. The van der Waals surface area contributed by atoms with Crippen LogP contribution in [0.3, 0.4) is 0 Å². The fraction of sp³-hybridized carbons (Fsp3) is 0.294. The first kappa shape index (κ1) is 27.6. The van der Waals surface area contributed by atoms with Gasteiger partial charge in [0, 0.05) is 29.6 Å². The summed E-state index contributed by atoms with van der Waals surface area (Å²) >= 11 is 6.23. The number of anilines is 1. The Hall–Kier alpha value is -4.01. The summed E-state index contributed by atoms with van der Waals surface area (Å²) in [7, 11) is 0. The molecule has 0 amide bonds. The normalized spacial score (nSPS) is 18.4. The van der Waals surface area contributed by atoms with E-state index in [1.54, 1.807) is 12.4 Å². The summed E-state index contributed by atoms with van der Waals surface area (Å²) in [5, 5.41) is 9.83. The molecule has 202 valence electrons. The van der Waals surface area contributed by atoms with E-state index in [1.807, 2.05) is 48.5 Å². The second-order valence-electron chi connectivity index (χ2n) is 10.8. The van der Waals surface area contributed by atoms with E-state index < -0.39 is 0 Å². The summed E-state index contributed by atoms with van der Waals surface area (Å²) in [6.45, 7) is 9.69. The highest BCUT2D eigenvalue weighted by molar-refractivity contribution is 6.30. The number of halogens is 1. The van der Waals surface area contributed by atoms with Gasteiger partial charge < -0.3 is 4.90 Å². The van der Waals surface area contributed by atoms with Crippen molar-refractivity contribution in [3.05, 3.63) is 112 Å². The standard InChI is InChI=1S/C34H33ClN4O/c1-4-30(23(3)26-6-5-7-29(35)17-26)33(40)28-14-15-39(20-22(2)16-28)34-31-18-27(12-13-32(31)37-21-38-34)25-10-8-24(19-36)9-11-25/h4-11,16-18,21-23,30H,1,12-15,20H2,2-3H3/t22-,23-,30?/m0/s1. The smallest absolute Gasteiger partial charge is 0.166 e. The third kappa shape index (κ3) is 5.78. The van der Waals surface area contributed by atoms with Crippen LogP contribution in [0.4, 0.5) is 5.82 Å². The fourth-order valence-electron chi connectivity index (χ4n) is 5.83. The average molecular weight is 549 g/mol. The molecule has 0 bridgehead atoms. The highest BCUT2D eigenvalue weighted by Crippen LogP contribution is 2.36. The summed E-state index contributed by atoms with van der Waals surface area (Å²) in [5.41, 5.74) is 6.97. The molecule has 1 aliphatic heterocycles. The maximum atomic E-state index is 13.8. The van der Waals surface area contributed by atoms with Gasteiger partial charge in [0.15, 0.2) is 5.78 Å². The van der Waals surface area contributed by atoms with Crippen LogP contribution in [0, 0.1) is 23.2 Å². The van der Waals surface area contributed by atoms with E-state index in [4.69, 9.17) is 21.8 Å². The molecule has 0 fully saturated rings. The number of hydrogen-bond donors (Lipinski definition) is 0. The van der Waals surface area contributed by atoms with Crippen molar-refractivity contribution in [3.63, 3.8) is 0 Å². The van der Waals surface area contributed by atoms with Crippen LogP contribution in [0.25, 0.3) is 11.6 Å². The van der Waals surface area contributed by atoms with Crippen LogP contribution in [0.15, 0.2) is 79.2 Å². The second-order valence-corrected chi connectivity index (χ2v) is 11.2. The number of fused-ring (bicyclic) bond motifs is 1. The summed E-state index contributed by atoms with van der Waals surface area (Å²) in [4.78, 5) is 25.4. The molecule has 2 heterocycles. The van der Waals surface area contributed by atoms with Gasteiger partial charge in [-0.2, -0.15) is 5.26 Å². The van der Waals surface area contributed by atoms with E-state index in [9.17, 15) is 4.79 Å². The first-order chi connectivity index (χ1) is 19.4. The van der Waals surface area contributed by atoms with Crippen LogP contribution < -0.4 is 4.90 Å². The van der Waals surface area contributed by atoms with Crippen LogP contribution in [-0.2, 0) is 11.2 Å². The van der Waals surface area contributed by atoms with Gasteiger partial charge in [0.1, 0.15) is 12.1 Å². The Bertz CT molecular complexity index is 1530. The fourth-order valence-corrected chi connectivity index (χ4v) is 6.03. The number of allylic oxidation sites excluding steroid dienone is 2. The highest BCUT2D eigenvalue weighted by Gasteiger charge is 2.29. The topological polar surface area (TPSA) is 69.9 Å². The predicted octanol–water partition coefficient (Wildman–Crippen LogP) is 7.44. The summed E-state index contributed by atoms with van der Waals surface area (Å²) in [6, 6.07) is 17.6. The lowest BCUT2D eigenvalue weighted by Crippen LogP contribution is -2.30. The zero-order valence-corrected chi connectivity index (χ0v) is 23.7. The van der Waals surface area contributed by atoms with Crippen LogP contribution in [0.2, 0.25) is 5.02 Å². The van der Waals surface area contributed by atoms with Gasteiger partial charge in [-0.15, -0.1) is 6.58 Å². The Morgan fingerprint density at radius 3 is 2.70 bits per heavy atom. The minimum absolute atomic E-state index is 0.0288. The molecular formula is C34H33ClN4O. The third-order valence-electron chi connectivity index (χ3n) is 8.01. The highest BCUT2D eigenvalue weighted by atomic mass is 35.5. The van der Waals surface area contributed by atoms with Crippen molar-refractivity contribution in [2.24, 2.45) is 11.8 Å². The van der Waals surface area contributed by atoms with Crippen LogP contribution in [0.5, 0.6) is 0 Å². The Morgan fingerprint density at radius 1 is 1.18 bits per heavy atom. The molecule has 1 unspecified atom stereocenters. The largest absolute Gasteiger partial charge is 0.355 e. The molecule has 40 heavy (non-hydrogen) atoms. The number of carbonyl (C=O) groups is 1. The maximum absolute atomic E-state index is 13.8. The minimum atomic E-state index is -0.326. The molecule has 3 atom stereocenters. The molecule has 0 saturated carbocycles. The Kier molecular flexibility index (Phi) is 8.28. The number of rotatable bonds is 7.